The maximum absolute atomic E-state index is 13.1. The molecular formula is C12H13F2N3O. The van der Waals surface area contributed by atoms with Gasteiger partial charge in [-0.05, 0) is 7.05 Å². The van der Waals surface area contributed by atoms with Gasteiger partial charge in [0.25, 0.3) is 0 Å². The van der Waals surface area contributed by atoms with E-state index in [0.717, 1.165) is 12.1 Å². The summed E-state index contributed by atoms with van der Waals surface area (Å²) in [6.07, 6.45) is 0. The van der Waals surface area contributed by atoms with Crippen molar-refractivity contribution in [2.75, 3.05) is 20.3 Å². The number of benzene rings is 1. The minimum absolute atomic E-state index is 0.0773. The number of nitrogens with zero attached hydrogens (tertiary/aromatic N) is 1. The van der Waals surface area contributed by atoms with Crippen LogP contribution in [0.5, 0.6) is 0 Å². The number of rotatable bonds is 2. The first kappa shape index (κ1) is 11.6. The van der Waals surface area contributed by atoms with E-state index in [2.05, 4.69) is 15.3 Å². The molecule has 2 aromatic rings. The van der Waals surface area contributed by atoms with Crippen LogP contribution in [-0.4, -0.2) is 36.3 Å². The van der Waals surface area contributed by atoms with Gasteiger partial charge in [0.1, 0.15) is 5.82 Å². The Morgan fingerprint density at radius 2 is 2.11 bits per heavy atom. The van der Waals surface area contributed by atoms with E-state index in [9.17, 15) is 8.78 Å². The summed E-state index contributed by atoms with van der Waals surface area (Å²) in [5.41, 5.74) is 0.941. The number of hydrogen-bond donors (Lipinski definition) is 2. The number of nitrogens with one attached hydrogen (secondary N) is 2. The average molecular weight is 253 g/mol. The van der Waals surface area contributed by atoms with Gasteiger partial charge in [-0.1, -0.05) is 0 Å². The molecule has 2 heterocycles. The van der Waals surface area contributed by atoms with Crippen molar-refractivity contribution >= 4 is 11.0 Å². The highest BCUT2D eigenvalue weighted by molar-refractivity contribution is 5.75. The highest BCUT2D eigenvalue weighted by Gasteiger charge is 2.30. The third-order valence-electron chi connectivity index (χ3n) is 3.34. The van der Waals surface area contributed by atoms with Crippen LogP contribution < -0.4 is 5.32 Å². The molecule has 2 atom stereocenters. The molecule has 1 aliphatic rings. The van der Waals surface area contributed by atoms with E-state index in [1.807, 2.05) is 7.05 Å². The molecule has 2 unspecified atom stereocenters. The van der Waals surface area contributed by atoms with Crippen LogP contribution in [0.4, 0.5) is 8.78 Å². The fourth-order valence-corrected chi connectivity index (χ4v) is 2.31. The number of aromatic amines is 1. The number of H-pyrrole nitrogens is 1. The van der Waals surface area contributed by atoms with Crippen molar-refractivity contribution in [3.63, 3.8) is 0 Å². The molecule has 4 nitrogen and oxygen atoms in total. The second-order valence-electron chi connectivity index (χ2n) is 4.44. The Hall–Kier alpha value is -1.53. The Kier molecular flexibility index (Phi) is 2.76. The molecule has 0 radical (unpaired) electrons. The summed E-state index contributed by atoms with van der Waals surface area (Å²) in [6.45, 7) is 1.16. The lowest BCUT2D eigenvalue weighted by atomic mass is 10.0. The molecule has 1 aromatic heterocycles. The maximum Gasteiger partial charge on any atom is 0.161 e. The summed E-state index contributed by atoms with van der Waals surface area (Å²) in [5.74, 6) is -0.973. The van der Waals surface area contributed by atoms with E-state index in [1.165, 1.54) is 0 Å². The fourth-order valence-electron chi connectivity index (χ4n) is 2.31. The van der Waals surface area contributed by atoms with Crippen molar-refractivity contribution < 1.29 is 13.5 Å². The predicted octanol–water partition coefficient (Wildman–Crippen LogP) is 1.54. The topological polar surface area (TPSA) is 49.9 Å². The minimum Gasteiger partial charge on any atom is -0.379 e. The number of fused-ring (bicyclic) bond motifs is 1. The van der Waals surface area contributed by atoms with Gasteiger partial charge in [0.15, 0.2) is 11.6 Å². The molecule has 0 bridgehead atoms. The van der Waals surface area contributed by atoms with Crippen LogP contribution in [0.25, 0.3) is 11.0 Å². The Bertz CT molecular complexity index is 545. The Morgan fingerprint density at radius 3 is 2.89 bits per heavy atom. The number of ether oxygens (including phenoxy) is 1. The van der Waals surface area contributed by atoms with E-state index < -0.39 is 11.6 Å². The molecule has 0 saturated carbocycles. The second-order valence-corrected chi connectivity index (χ2v) is 4.44. The minimum atomic E-state index is -0.881. The van der Waals surface area contributed by atoms with Crippen molar-refractivity contribution in [1.82, 2.24) is 15.3 Å². The van der Waals surface area contributed by atoms with Crippen LogP contribution in [0.3, 0.4) is 0 Å². The zero-order valence-corrected chi connectivity index (χ0v) is 9.84. The van der Waals surface area contributed by atoms with Crippen LogP contribution in [0, 0.1) is 11.6 Å². The Morgan fingerprint density at radius 1 is 1.33 bits per heavy atom. The SMILES string of the molecule is CNC1COCC1c1nc2cc(F)c(F)cc2[nH]1. The standard InChI is InChI=1S/C12H13F2N3O/c1-15-11-5-18-4-6(11)12-16-9-2-7(13)8(14)3-10(9)17-12/h2-3,6,11,15H,4-5H2,1H3,(H,16,17). The monoisotopic (exact) mass is 253 g/mol. The zero-order chi connectivity index (χ0) is 12.7. The summed E-state index contributed by atoms with van der Waals surface area (Å²) < 4.78 is 31.6. The first-order valence-corrected chi connectivity index (χ1v) is 5.78. The molecule has 6 heteroatoms. The molecule has 18 heavy (non-hydrogen) atoms. The average Bonchev–Trinajstić information content (AvgIpc) is 2.95. The molecule has 1 aliphatic heterocycles. The van der Waals surface area contributed by atoms with Crippen LogP contribution >= 0.6 is 0 Å². The van der Waals surface area contributed by atoms with E-state index in [-0.39, 0.29) is 12.0 Å². The Labute approximate surface area is 102 Å². The van der Waals surface area contributed by atoms with Gasteiger partial charge in [0.2, 0.25) is 0 Å². The molecule has 96 valence electrons. The number of hydrogen-bond acceptors (Lipinski definition) is 3. The van der Waals surface area contributed by atoms with Gasteiger partial charge in [0, 0.05) is 18.2 Å². The molecule has 0 spiro atoms. The lowest BCUT2D eigenvalue weighted by Crippen LogP contribution is -2.31. The summed E-state index contributed by atoms with van der Waals surface area (Å²) in [6, 6.07) is 2.40. The van der Waals surface area contributed by atoms with Gasteiger partial charge in [-0.2, -0.15) is 0 Å². The van der Waals surface area contributed by atoms with Gasteiger partial charge in [-0.25, -0.2) is 13.8 Å². The highest BCUT2D eigenvalue weighted by Crippen LogP contribution is 2.26. The lowest BCUT2D eigenvalue weighted by molar-refractivity contribution is 0.188. The zero-order valence-electron chi connectivity index (χ0n) is 9.84. The molecule has 2 N–H and O–H groups in total. The number of halogens is 2. The molecule has 0 aliphatic carbocycles. The molecule has 0 amide bonds. The van der Waals surface area contributed by atoms with Gasteiger partial charge in [-0.15, -0.1) is 0 Å². The quantitative estimate of drug-likeness (QED) is 0.853. The molecule has 1 fully saturated rings. The normalized spacial score (nSPS) is 23.9. The molecule has 1 saturated heterocycles. The number of imidazole rings is 1. The number of likely N-dealkylation sites (N-methyl/N-ethyl adjacent to an activating group) is 1. The summed E-state index contributed by atoms with van der Waals surface area (Å²) in [5, 5.41) is 3.15. The van der Waals surface area contributed by atoms with E-state index in [0.29, 0.717) is 30.1 Å². The summed E-state index contributed by atoms with van der Waals surface area (Å²) >= 11 is 0. The largest absolute Gasteiger partial charge is 0.379 e. The highest BCUT2D eigenvalue weighted by atomic mass is 19.2. The molecular weight excluding hydrogens is 240 g/mol. The van der Waals surface area contributed by atoms with E-state index in [4.69, 9.17) is 4.74 Å². The van der Waals surface area contributed by atoms with Gasteiger partial charge in [0.05, 0.1) is 30.2 Å². The maximum atomic E-state index is 13.1. The van der Waals surface area contributed by atoms with E-state index in [1.54, 1.807) is 0 Å². The second kappa shape index (κ2) is 4.29. The first-order valence-electron chi connectivity index (χ1n) is 5.78. The van der Waals surface area contributed by atoms with Crippen LogP contribution in [0.1, 0.15) is 11.7 Å². The van der Waals surface area contributed by atoms with Crippen molar-refractivity contribution in [3.8, 4) is 0 Å². The van der Waals surface area contributed by atoms with E-state index >= 15 is 0 Å². The van der Waals surface area contributed by atoms with Gasteiger partial charge < -0.3 is 15.0 Å². The third-order valence-corrected chi connectivity index (χ3v) is 3.34. The van der Waals surface area contributed by atoms with Gasteiger partial charge in [-0.3, -0.25) is 0 Å². The predicted molar refractivity (Wildman–Crippen MR) is 62.4 cm³/mol. The fraction of sp³-hybridized carbons (Fsp3) is 0.417. The lowest BCUT2D eigenvalue weighted by Gasteiger charge is -2.13. The van der Waals surface area contributed by atoms with Crippen molar-refractivity contribution in [2.45, 2.75) is 12.0 Å². The van der Waals surface area contributed by atoms with Crippen LogP contribution in [0.15, 0.2) is 12.1 Å². The third kappa shape index (κ3) is 1.77. The van der Waals surface area contributed by atoms with Crippen molar-refractivity contribution in [1.29, 1.82) is 0 Å². The summed E-state index contributed by atoms with van der Waals surface area (Å²) in [7, 11) is 1.86. The van der Waals surface area contributed by atoms with Gasteiger partial charge >= 0.3 is 0 Å². The Balaban J connectivity index is 2.03. The smallest absolute Gasteiger partial charge is 0.161 e. The number of aromatic nitrogens is 2. The summed E-state index contributed by atoms with van der Waals surface area (Å²) in [4.78, 5) is 7.34. The first-order chi connectivity index (χ1) is 8.69. The van der Waals surface area contributed by atoms with Crippen molar-refractivity contribution in [3.05, 3.63) is 29.6 Å². The molecule has 3 rings (SSSR count). The van der Waals surface area contributed by atoms with Crippen LogP contribution in [0.2, 0.25) is 0 Å². The van der Waals surface area contributed by atoms with Crippen LogP contribution in [-0.2, 0) is 4.74 Å². The molecule has 1 aromatic carbocycles. The van der Waals surface area contributed by atoms with Crippen molar-refractivity contribution in [2.24, 2.45) is 0 Å².